The van der Waals surface area contributed by atoms with E-state index in [4.69, 9.17) is 0 Å². The molecule has 1 aliphatic carbocycles. The maximum atomic E-state index is 13.1. The Labute approximate surface area is 209 Å². The number of carboxylic acids is 2. The molecule has 8 nitrogen and oxygen atoms in total. The van der Waals surface area contributed by atoms with Gasteiger partial charge in [0.25, 0.3) is 0 Å². The van der Waals surface area contributed by atoms with Gasteiger partial charge in [-0.3, -0.25) is 24.6 Å². The molecule has 0 fully saturated rings. The van der Waals surface area contributed by atoms with Crippen LogP contribution in [-0.4, -0.2) is 54.6 Å². The van der Waals surface area contributed by atoms with Gasteiger partial charge >= 0.3 is 11.9 Å². The number of likely N-dealkylation sites (N-methyl/N-ethyl adjacent to an activating group) is 1. The number of hydrogen-bond donors (Lipinski definition) is 2. The first-order chi connectivity index (χ1) is 17.2. The van der Waals surface area contributed by atoms with Gasteiger partial charge in [0.2, 0.25) is 0 Å². The van der Waals surface area contributed by atoms with E-state index in [0.29, 0.717) is 23.5 Å². The van der Waals surface area contributed by atoms with Crippen molar-refractivity contribution in [1.82, 2.24) is 19.9 Å². The summed E-state index contributed by atoms with van der Waals surface area (Å²) in [5.41, 5.74) is -0.260. The molecule has 3 aromatic rings. The molecule has 4 rings (SSSR count). The molecule has 0 bridgehead atoms. The molecule has 36 heavy (non-hydrogen) atoms. The molecule has 0 aliphatic heterocycles. The molecule has 8 heteroatoms. The van der Waals surface area contributed by atoms with Crippen LogP contribution in [0, 0.1) is 5.41 Å². The molecule has 0 spiro atoms. The van der Waals surface area contributed by atoms with E-state index in [1.807, 2.05) is 49.2 Å². The zero-order valence-corrected chi connectivity index (χ0v) is 20.2. The van der Waals surface area contributed by atoms with Crippen LogP contribution < -0.4 is 0 Å². The molecule has 3 heterocycles. The van der Waals surface area contributed by atoms with Crippen molar-refractivity contribution in [2.75, 3.05) is 7.05 Å². The van der Waals surface area contributed by atoms with Gasteiger partial charge in [-0.25, -0.2) is 4.79 Å². The first kappa shape index (κ1) is 24.9. The molecule has 2 N–H and O–H groups in total. The van der Waals surface area contributed by atoms with Crippen molar-refractivity contribution >= 4 is 11.9 Å². The zero-order valence-electron chi connectivity index (χ0n) is 20.2. The number of aromatic nitrogens is 3. The van der Waals surface area contributed by atoms with Crippen LogP contribution in [0.1, 0.15) is 24.0 Å². The second-order valence-electron chi connectivity index (χ2n) is 9.13. The highest BCUT2D eigenvalue weighted by molar-refractivity contribution is 5.95. The van der Waals surface area contributed by atoms with Crippen LogP contribution in [0.4, 0.5) is 0 Å². The summed E-state index contributed by atoms with van der Waals surface area (Å²) in [6, 6.07) is 16.3. The standard InChI is InChI=1S/C28H28N4O4/c1-27(32(2)19-23-11-5-8-14-31-23)16-20(15-21-9-3-6-12-29-21)24(25(33)34)18-28(27,26(35)36)17-22-10-4-7-13-30-22/h3-14,16,18H,15,17,19H2,1-2H3,(H,33,34)(H,35,36). The summed E-state index contributed by atoms with van der Waals surface area (Å²) >= 11 is 0. The summed E-state index contributed by atoms with van der Waals surface area (Å²) in [7, 11) is 1.83. The van der Waals surface area contributed by atoms with E-state index in [1.54, 1.807) is 48.9 Å². The number of hydrogen-bond acceptors (Lipinski definition) is 6. The number of nitrogens with zero attached hydrogens (tertiary/aromatic N) is 4. The van der Waals surface area contributed by atoms with E-state index < -0.39 is 22.9 Å². The predicted octanol–water partition coefficient (Wildman–Crippen LogP) is 3.57. The van der Waals surface area contributed by atoms with Gasteiger partial charge in [-0.15, -0.1) is 0 Å². The second kappa shape index (κ2) is 10.2. The van der Waals surface area contributed by atoms with Crippen LogP contribution in [0.3, 0.4) is 0 Å². The van der Waals surface area contributed by atoms with Crippen molar-refractivity contribution in [2.24, 2.45) is 5.41 Å². The third-order valence-electron chi connectivity index (χ3n) is 6.91. The monoisotopic (exact) mass is 484 g/mol. The highest BCUT2D eigenvalue weighted by Gasteiger charge is 2.56. The van der Waals surface area contributed by atoms with E-state index in [2.05, 4.69) is 15.0 Å². The molecule has 2 atom stereocenters. The largest absolute Gasteiger partial charge is 0.481 e. The molecule has 0 saturated carbocycles. The van der Waals surface area contributed by atoms with Gasteiger partial charge in [0.1, 0.15) is 5.41 Å². The Morgan fingerprint density at radius 3 is 1.89 bits per heavy atom. The van der Waals surface area contributed by atoms with Gasteiger partial charge < -0.3 is 10.2 Å². The summed E-state index contributed by atoms with van der Waals surface area (Å²) in [6.45, 7) is 2.19. The number of pyridine rings is 3. The van der Waals surface area contributed by atoms with Gasteiger partial charge in [-0.2, -0.15) is 0 Å². The summed E-state index contributed by atoms with van der Waals surface area (Å²) < 4.78 is 0. The second-order valence-corrected chi connectivity index (χ2v) is 9.13. The van der Waals surface area contributed by atoms with Crippen LogP contribution in [-0.2, 0) is 29.0 Å². The van der Waals surface area contributed by atoms with E-state index in [9.17, 15) is 19.8 Å². The fraction of sp³-hybridized carbons (Fsp3) is 0.250. The Morgan fingerprint density at radius 2 is 1.39 bits per heavy atom. The number of carbonyl (C=O) groups is 2. The maximum absolute atomic E-state index is 13.1. The van der Waals surface area contributed by atoms with Crippen LogP contribution in [0.15, 0.2) is 96.5 Å². The van der Waals surface area contributed by atoms with Crippen LogP contribution >= 0.6 is 0 Å². The average Bonchev–Trinajstić information content (AvgIpc) is 2.87. The molecule has 3 aromatic heterocycles. The lowest BCUT2D eigenvalue weighted by Crippen LogP contribution is -2.61. The Hall–Kier alpha value is -4.17. The molecular weight excluding hydrogens is 456 g/mol. The SMILES string of the molecule is CN(Cc1ccccn1)C1(C)C=C(Cc2ccccn2)C(C(=O)O)=CC1(Cc1ccccn1)C(=O)O. The van der Waals surface area contributed by atoms with Gasteiger partial charge in [0.15, 0.2) is 0 Å². The minimum atomic E-state index is -1.62. The Kier molecular flexibility index (Phi) is 7.07. The molecule has 184 valence electrons. The summed E-state index contributed by atoms with van der Waals surface area (Å²) in [4.78, 5) is 40.6. The number of carboxylic acid groups (broad SMARTS) is 2. The summed E-state index contributed by atoms with van der Waals surface area (Å²) in [6.07, 6.45) is 8.40. The number of aliphatic carboxylic acids is 2. The van der Waals surface area contributed by atoms with Crippen molar-refractivity contribution < 1.29 is 19.8 Å². The number of rotatable bonds is 9. The minimum absolute atomic E-state index is 0.0103. The van der Waals surface area contributed by atoms with E-state index >= 15 is 0 Å². The molecule has 1 aliphatic rings. The lowest BCUT2D eigenvalue weighted by molar-refractivity contribution is -0.152. The van der Waals surface area contributed by atoms with Crippen molar-refractivity contribution in [3.05, 3.63) is 114 Å². The molecule has 0 amide bonds. The maximum Gasteiger partial charge on any atom is 0.335 e. The van der Waals surface area contributed by atoms with Gasteiger partial charge in [-0.1, -0.05) is 24.3 Å². The topological polar surface area (TPSA) is 117 Å². The first-order valence-electron chi connectivity index (χ1n) is 11.6. The Morgan fingerprint density at radius 1 is 0.833 bits per heavy atom. The third kappa shape index (κ3) is 4.81. The summed E-state index contributed by atoms with van der Waals surface area (Å²) in [5.74, 6) is -2.31. The smallest absolute Gasteiger partial charge is 0.335 e. The van der Waals surface area contributed by atoms with Crippen molar-refractivity contribution in [2.45, 2.75) is 31.8 Å². The zero-order chi connectivity index (χ0) is 25.8. The van der Waals surface area contributed by atoms with Crippen LogP contribution in [0.2, 0.25) is 0 Å². The molecule has 2 unspecified atom stereocenters. The third-order valence-corrected chi connectivity index (χ3v) is 6.91. The fourth-order valence-corrected chi connectivity index (χ4v) is 4.80. The Bertz CT molecular complexity index is 1290. The van der Waals surface area contributed by atoms with Crippen LogP contribution in [0.25, 0.3) is 0 Å². The lowest BCUT2D eigenvalue weighted by atomic mass is 9.61. The minimum Gasteiger partial charge on any atom is -0.481 e. The van der Waals surface area contributed by atoms with E-state index in [1.165, 1.54) is 6.08 Å². The van der Waals surface area contributed by atoms with E-state index in [-0.39, 0.29) is 18.4 Å². The summed E-state index contributed by atoms with van der Waals surface area (Å²) in [5, 5.41) is 20.9. The van der Waals surface area contributed by atoms with E-state index in [0.717, 1.165) is 5.69 Å². The predicted molar refractivity (Wildman–Crippen MR) is 134 cm³/mol. The molecular formula is C28H28N4O4. The van der Waals surface area contributed by atoms with Gasteiger partial charge in [-0.05, 0) is 62.0 Å². The highest BCUT2D eigenvalue weighted by atomic mass is 16.4. The average molecular weight is 485 g/mol. The Balaban J connectivity index is 1.89. The first-order valence-corrected chi connectivity index (χ1v) is 11.6. The van der Waals surface area contributed by atoms with Crippen molar-refractivity contribution in [1.29, 1.82) is 0 Å². The molecule has 0 aromatic carbocycles. The molecule has 0 radical (unpaired) electrons. The van der Waals surface area contributed by atoms with Gasteiger partial charge in [0.05, 0.1) is 16.8 Å². The lowest BCUT2D eigenvalue weighted by Gasteiger charge is -2.50. The van der Waals surface area contributed by atoms with Crippen molar-refractivity contribution in [3.8, 4) is 0 Å². The van der Waals surface area contributed by atoms with Crippen LogP contribution in [0.5, 0.6) is 0 Å². The quantitative estimate of drug-likeness (QED) is 0.474. The highest BCUT2D eigenvalue weighted by Crippen LogP contribution is 2.48. The normalized spacial score (nSPS) is 21.5. The van der Waals surface area contributed by atoms with Crippen molar-refractivity contribution in [3.63, 3.8) is 0 Å². The fourth-order valence-electron chi connectivity index (χ4n) is 4.80. The van der Waals surface area contributed by atoms with Gasteiger partial charge in [0, 0.05) is 49.4 Å². The molecule has 0 saturated heterocycles.